The van der Waals surface area contributed by atoms with Gasteiger partial charge in [0.2, 0.25) is 5.91 Å². The van der Waals surface area contributed by atoms with Crippen molar-refractivity contribution < 1.29 is 14.7 Å². The molecule has 4 rings (SSSR count). The molecule has 1 amide bonds. The molecular weight excluding hydrogens is 330 g/mol. The molecule has 6 nitrogen and oxygen atoms in total. The van der Waals surface area contributed by atoms with E-state index in [9.17, 15) is 9.59 Å². The lowest BCUT2D eigenvalue weighted by atomic mass is 10.0. The zero-order chi connectivity index (χ0) is 18.1. The summed E-state index contributed by atoms with van der Waals surface area (Å²) < 4.78 is 0. The number of rotatable bonds is 5. The normalized spacial score (nSPS) is 16.0. The lowest BCUT2D eigenvalue weighted by molar-refractivity contribution is -0.137. The van der Waals surface area contributed by atoms with E-state index in [0.29, 0.717) is 18.5 Å². The van der Waals surface area contributed by atoms with Gasteiger partial charge in [-0.15, -0.1) is 0 Å². The average molecular weight is 349 g/mol. The van der Waals surface area contributed by atoms with Crippen LogP contribution in [0.25, 0.3) is 10.9 Å². The second-order valence-corrected chi connectivity index (χ2v) is 6.52. The highest BCUT2D eigenvalue weighted by Gasteiger charge is 2.26. The number of hydrogen-bond donors (Lipinski definition) is 4. The lowest BCUT2D eigenvalue weighted by Gasteiger charge is -2.27. The predicted octanol–water partition coefficient (Wildman–Crippen LogP) is 3.16. The van der Waals surface area contributed by atoms with Crippen molar-refractivity contribution in [1.82, 2.24) is 4.98 Å². The van der Waals surface area contributed by atoms with E-state index < -0.39 is 5.97 Å². The Morgan fingerprint density at radius 3 is 2.81 bits per heavy atom. The van der Waals surface area contributed by atoms with Crippen molar-refractivity contribution in [2.45, 2.75) is 25.3 Å². The molecule has 6 heteroatoms. The van der Waals surface area contributed by atoms with E-state index in [1.54, 1.807) is 0 Å². The number of H-pyrrole nitrogens is 1. The maximum absolute atomic E-state index is 12.5. The third-order valence-corrected chi connectivity index (χ3v) is 4.71. The minimum Gasteiger partial charge on any atom is -0.481 e. The topological polar surface area (TPSA) is 94.2 Å². The van der Waals surface area contributed by atoms with Crippen LogP contribution in [0.4, 0.5) is 11.4 Å². The molecule has 1 aromatic heterocycles. The Hall–Kier alpha value is -3.28. The van der Waals surface area contributed by atoms with Gasteiger partial charge in [-0.1, -0.05) is 24.3 Å². The van der Waals surface area contributed by atoms with Gasteiger partial charge in [0.1, 0.15) is 6.04 Å². The summed E-state index contributed by atoms with van der Waals surface area (Å²) in [5.74, 6) is -0.915. The van der Waals surface area contributed by atoms with Crippen molar-refractivity contribution in [2.24, 2.45) is 0 Å². The maximum Gasteiger partial charge on any atom is 0.303 e. The number of para-hydroxylation sites is 1. The van der Waals surface area contributed by atoms with Crippen LogP contribution in [0.15, 0.2) is 48.7 Å². The first-order chi connectivity index (χ1) is 12.6. The molecule has 0 saturated carbocycles. The number of carboxylic acid groups (broad SMARTS) is 1. The minimum atomic E-state index is -0.830. The standard InChI is InChI=1S/C20H19N3O3/c24-19(25)8-6-12-5-7-16-17(9-12)23-20(26)18(22-16)10-13-11-21-15-4-2-1-3-14(13)15/h1-5,7,9,11,18,21-22H,6,8,10H2,(H,23,26)(H,24,25)/t18-/m0/s1. The number of aryl methyl sites for hydroxylation is 1. The third kappa shape index (κ3) is 3.13. The number of nitrogens with one attached hydrogen (secondary N) is 3. The molecule has 2 heterocycles. The number of benzene rings is 2. The van der Waals surface area contributed by atoms with Gasteiger partial charge in [-0.2, -0.15) is 0 Å². The Morgan fingerprint density at radius 1 is 1.12 bits per heavy atom. The smallest absolute Gasteiger partial charge is 0.303 e. The number of hydrogen-bond acceptors (Lipinski definition) is 3. The van der Waals surface area contributed by atoms with Gasteiger partial charge in [0, 0.05) is 29.9 Å². The van der Waals surface area contributed by atoms with Crippen LogP contribution in [0.1, 0.15) is 17.5 Å². The van der Waals surface area contributed by atoms with Crippen molar-refractivity contribution in [2.75, 3.05) is 10.6 Å². The number of aromatic nitrogens is 1. The van der Waals surface area contributed by atoms with Gasteiger partial charge in [0.05, 0.1) is 11.4 Å². The average Bonchev–Trinajstić information content (AvgIpc) is 3.03. The second kappa shape index (κ2) is 6.55. The number of carbonyl (C=O) groups is 2. The van der Waals surface area contributed by atoms with Crippen LogP contribution in [0.5, 0.6) is 0 Å². The number of amides is 1. The summed E-state index contributed by atoms with van der Waals surface area (Å²) >= 11 is 0. The molecule has 4 N–H and O–H groups in total. The van der Waals surface area contributed by atoms with Gasteiger partial charge in [0.15, 0.2) is 0 Å². The summed E-state index contributed by atoms with van der Waals surface area (Å²) in [6, 6.07) is 13.3. The molecule has 132 valence electrons. The number of aliphatic carboxylic acids is 1. The molecule has 0 aliphatic carbocycles. The van der Waals surface area contributed by atoms with Gasteiger partial charge in [-0.05, 0) is 35.7 Å². The van der Waals surface area contributed by atoms with E-state index in [4.69, 9.17) is 5.11 Å². The zero-order valence-corrected chi connectivity index (χ0v) is 14.1. The molecule has 3 aromatic rings. The van der Waals surface area contributed by atoms with Gasteiger partial charge in [0.25, 0.3) is 0 Å². The van der Waals surface area contributed by atoms with E-state index in [0.717, 1.165) is 27.7 Å². The highest BCUT2D eigenvalue weighted by Crippen LogP contribution is 2.30. The molecule has 1 aliphatic heterocycles. The molecule has 0 radical (unpaired) electrons. The molecule has 1 atom stereocenters. The molecule has 0 saturated heterocycles. The van der Waals surface area contributed by atoms with Gasteiger partial charge >= 0.3 is 5.97 Å². The lowest BCUT2D eigenvalue weighted by Crippen LogP contribution is -2.40. The van der Waals surface area contributed by atoms with Crippen LogP contribution in [-0.4, -0.2) is 28.0 Å². The number of carboxylic acids is 1. The summed E-state index contributed by atoms with van der Waals surface area (Å²) in [6.45, 7) is 0. The number of fused-ring (bicyclic) bond motifs is 2. The molecule has 2 aromatic carbocycles. The van der Waals surface area contributed by atoms with Crippen LogP contribution in [0.2, 0.25) is 0 Å². The van der Waals surface area contributed by atoms with Crippen molar-refractivity contribution in [3.05, 3.63) is 59.8 Å². The quantitative estimate of drug-likeness (QED) is 0.569. The number of carbonyl (C=O) groups excluding carboxylic acids is 1. The van der Waals surface area contributed by atoms with Crippen LogP contribution < -0.4 is 10.6 Å². The Morgan fingerprint density at radius 2 is 1.96 bits per heavy atom. The first-order valence-corrected chi connectivity index (χ1v) is 8.57. The van der Waals surface area contributed by atoms with Crippen molar-refractivity contribution in [3.8, 4) is 0 Å². The molecule has 1 aliphatic rings. The molecule has 0 unspecified atom stereocenters. The highest BCUT2D eigenvalue weighted by atomic mass is 16.4. The maximum atomic E-state index is 12.5. The summed E-state index contributed by atoms with van der Waals surface area (Å²) in [5.41, 5.74) is 4.60. The first-order valence-electron chi connectivity index (χ1n) is 8.57. The predicted molar refractivity (Wildman–Crippen MR) is 100 cm³/mol. The Bertz CT molecular complexity index is 993. The minimum absolute atomic E-state index is 0.0728. The fraction of sp³-hybridized carbons (Fsp3) is 0.200. The fourth-order valence-corrected chi connectivity index (χ4v) is 3.36. The number of aromatic amines is 1. The van der Waals surface area contributed by atoms with Crippen LogP contribution >= 0.6 is 0 Å². The van der Waals surface area contributed by atoms with E-state index in [1.165, 1.54) is 0 Å². The monoisotopic (exact) mass is 349 g/mol. The highest BCUT2D eigenvalue weighted by molar-refractivity contribution is 6.03. The van der Waals surface area contributed by atoms with E-state index >= 15 is 0 Å². The largest absolute Gasteiger partial charge is 0.481 e. The molecule has 0 fully saturated rings. The van der Waals surface area contributed by atoms with Gasteiger partial charge in [-0.25, -0.2) is 0 Å². The molecular formula is C20H19N3O3. The van der Waals surface area contributed by atoms with Crippen LogP contribution in [-0.2, 0) is 22.4 Å². The Balaban J connectivity index is 1.53. The van der Waals surface area contributed by atoms with Gasteiger partial charge < -0.3 is 20.7 Å². The van der Waals surface area contributed by atoms with E-state index in [-0.39, 0.29) is 18.4 Å². The molecule has 0 bridgehead atoms. The number of anilines is 2. The summed E-state index contributed by atoms with van der Waals surface area (Å²) in [5, 5.41) is 16.2. The molecule has 26 heavy (non-hydrogen) atoms. The summed E-state index contributed by atoms with van der Waals surface area (Å²) in [4.78, 5) is 26.5. The summed E-state index contributed by atoms with van der Waals surface area (Å²) in [6.07, 6.45) is 3.04. The molecule has 0 spiro atoms. The third-order valence-electron chi connectivity index (χ3n) is 4.71. The fourth-order valence-electron chi connectivity index (χ4n) is 3.36. The first kappa shape index (κ1) is 16.2. The SMILES string of the molecule is O=C(O)CCc1ccc2c(c1)NC(=O)[C@H](Cc1c[nH]c3ccccc13)N2. The Labute approximate surface area is 150 Å². The van der Waals surface area contributed by atoms with Crippen LogP contribution in [0.3, 0.4) is 0 Å². The van der Waals surface area contributed by atoms with E-state index in [1.807, 2.05) is 48.7 Å². The van der Waals surface area contributed by atoms with E-state index in [2.05, 4.69) is 15.6 Å². The van der Waals surface area contributed by atoms with Crippen molar-refractivity contribution in [3.63, 3.8) is 0 Å². The Kier molecular flexibility index (Phi) is 4.08. The second-order valence-electron chi connectivity index (χ2n) is 6.52. The van der Waals surface area contributed by atoms with Gasteiger partial charge in [-0.3, -0.25) is 9.59 Å². The van der Waals surface area contributed by atoms with Crippen molar-refractivity contribution >= 4 is 34.2 Å². The van der Waals surface area contributed by atoms with Crippen molar-refractivity contribution in [1.29, 1.82) is 0 Å². The summed E-state index contributed by atoms with van der Waals surface area (Å²) in [7, 11) is 0. The van der Waals surface area contributed by atoms with Crippen LogP contribution in [0, 0.1) is 0 Å². The zero-order valence-electron chi connectivity index (χ0n) is 14.1.